The maximum atomic E-state index is 11.5. The minimum Gasteiger partial charge on any atom is -0.496 e. The van der Waals surface area contributed by atoms with E-state index in [1.54, 1.807) is 19.1 Å². The summed E-state index contributed by atoms with van der Waals surface area (Å²) < 4.78 is 5.32. The molecule has 0 unspecified atom stereocenters. The van der Waals surface area contributed by atoms with Crippen LogP contribution in [0.4, 0.5) is 0 Å². The van der Waals surface area contributed by atoms with Gasteiger partial charge in [-0.05, 0) is 17.5 Å². The number of hydrogen-bond acceptors (Lipinski definition) is 2. The third-order valence-electron chi connectivity index (χ3n) is 2.92. The van der Waals surface area contributed by atoms with Gasteiger partial charge in [0.05, 0.1) is 7.11 Å². The molecular weight excluding hydrogens is 250 g/mol. The van der Waals surface area contributed by atoms with Crippen LogP contribution in [0.5, 0.6) is 5.75 Å². The molecule has 3 nitrogen and oxygen atoms in total. The van der Waals surface area contributed by atoms with Gasteiger partial charge in [0, 0.05) is 19.2 Å². The molecule has 0 aliphatic rings. The Labute approximate surface area is 114 Å². The van der Waals surface area contributed by atoms with Crippen LogP contribution in [0.15, 0.2) is 18.2 Å². The van der Waals surface area contributed by atoms with Crippen molar-refractivity contribution in [2.24, 2.45) is 0 Å². The molecule has 0 saturated carbocycles. The van der Waals surface area contributed by atoms with Gasteiger partial charge in [-0.2, -0.15) is 0 Å². The molecule has 0 bridgehead atoms. The number of benzene rings is 1. The first-order valence-corrected chi connectivity index (χ1v) is 6.49. The second kappa shape index (κ2) is 6.64. The van der Waals surface area contributed by atoms with Gasteiger partial charge in [0.25, 0.3) is 0 Å². The fourth-order valence-corrected chi connectivity index (χ4v) is 1.93. The molecule has 0 heterocycles. The summed E-state index contributed by atoms with van der Waals surface area (Å²) >= 11 is 5.55. The maximum Gasteiger partial charge on any atom is 0.237 e. The number of hydrogen-bond donors (Lipinski definition) is 0. The topological polar surface area (TPSA) is 29.5 Å². The predicted octanol–water partition coefficient (Wildman–Crippen LogP) is 3.02. The highest BCUT2D eigenvalue weighted by atomic mass is 35.5. The molecule has 0 N–H and O–H groups in total. The van der Waals surface area contributed by atoms with Gasteiger partial charge in [-0.3, -0.25) is 4.79 Å². The Balaban J connectivity index is 2.97. The van der Waals surface area contributed by atoms with E-state index in [-0.39, 0.29) is 11.8 Å². The summed E-state index contributed by atoms with van der Waals surface area (Å²) in [6.45, 7) is 4.79. The van der Waals surface area contributed by atoms with Crippen molar-refractivity contribution in [2.45, 2.75) is 26.3 Å². The van der Waals surface area contributed by atoms with Crippen LogP contribution in [0.25, 0.3) is 0 Å². The van der Waals surface area contributed by atoms with E-state index in [1.807, 2.05) is 6.07 Å². The Morgan fingerprint density at radius 1 is 1.44 bits per heavy atom. The van der Waals surface area contributed by atoms with E-state index in [4.69, 9.17) is 16.3 Å². The van der Waals surface area contributed by atoms with Gasteiger partial charge in [0.2, 0.25) is 5.91 Å². The van der Waals surface area contributed by atoms with Gasteiger partial charge in [-0.1, -0.05) is 26.0 Å². The third-order valence-corrected chi connectivity index (χ3v) is 3.15. The van der Waals surface area contributed by atoms with Gasteiger partial charge >= 0.3 is 0 Å². The lowest BCUT2D eigenvalue weighted by molar-refractivity contribution is -0.127. The van der Waals surface area contributed by atoms with Gasteiger partial charge in [0.1, 0.15) is 11.6 Å². The number of ether oxygens (including phenoxy) is 1. The molecule has 0 aliphatic carbocycles. The minimum absolute atomic E-state index is 0.00267. The van der Waals surface area contributed by atoms with Crippen molar-refractivity contribution in [1.82, 2.24) is 4.90 Å². The molecule has 18 heavy (non-hydrogen) atoms. The Morgan fingerprint density at radius 3 is 2.61 bits per heavy atom. The highest BCUT2D eigenvalue weighted by Gasteiger charge is 2.12. The van der Waals surface area contributed by atoms with E-state index in [0.29, 0.717) is 12.5 Å². The molecule has 1 aromatic carbocycles. The minimum atomic E-state index is -0.0892. The fraction of sp³-hybridized carbons (Fsp3) is 0.500. The van der Waals surface area contributed by atoms with Crippen molar-refractivity contribution in [3.63, 3.8) is 0 Å². The number of amides is 1. The predicted molar refractivity (Wildman–Crippen MR) is 74.3 cm³/mol. The summed E-state index contributed by atoms with van der Waals surface area (Å²) in [6, 6.07) is 6.08. The molecular formula is C14H20ClNO2. The largest absolute Gasteiger partial charge is 0.496 e. The number of methoxy groups -OCH3 is 1. The number of carbonyl (C=O) groups excluding carboxylic acids is 1. The van der Waals surface area contributed by atoms with Crippen LogP contribution in [0.1, 0.15) is 30.9 Å². The van der Waals surface area contributed by atoms with E-state index >= 15 is 0 Å². The molecule has 0 fully saturated rings. The van der Waals surface area contributed by atoms with Crippen molar-refractivity contribution in [3.05, 3.63) is 29.3 Å². The number of carbonyl (C=O) groups is 1. The number of halogens is 1. The molecule has 4 heteroatoms. The summed E-state index contributed by atoms with van der Waals surface area (Å²) in [5, 5.41) is 0. The van der Waals surface area contributed by atoms with Crippen LogP contribution in [0.3, 0.4) is 0 Å². The van der Waals surface area contributed by atoms with Crippen LogP contribution in [0, 0.1) is 0 Å². The van der Waals surface area contributed by atoms with Crippen molar-refractivity contribution >= 4 is 17.5 Å². The molecule has 1 rings (SSSR count). The molecule has 0 saturated heterocycles. The molecule has 0 aromatic heterocycles. The summed E-state index contributed by atoms with van der Waals surface area (Å²) in [5.74, 6) is 1.16. The first-order valence-electron chi connectivity index (χ1n) is 5.96. The maximum absolute atomic E-state index is 11.5. The second-order valence-electron chi connectivity index (χ2n) is 4.61. The number of rotatable bonds is 5. The summed E-state index contributed by atoms with van der Waals surface area (Å²) in [7, 11) is 3.38. The SMILES string of the molecule is COc1ccc(C(C)C)cc1CN(C)C(=O)CCl. The Hall–Kier alpha value is -1.22. The fourth-order valence-electron chi connectivity index (χ4n) is 1.73. The zero-order valence-electron chi connectivity index (χ0n) is 11.4. The highest BCUT2D eigenvalue weighted by molar-refractivity contribution is 6.27. The van der Waals surface area contributed by atoms with Crippen LogP contribution in [-0.4, -0.2) is 30.8 Å². The standard InChI is InChI=1S/C14H20ClNO2/c1-10(2)11-5-6-13(18-4)12(7-11)9-16(3)14(17)8-15/h5-7,10H,8-9H2,1-4H3. The van der Waals surface area contributed by atoms with Crippen molar-refractivity contribution < 1.29 is 9.53 Å². The molecule has 100 valence electrons. The number of nitrogens with zero attached hydrogens (tertiary/aromatic N) is 1. The molecule has 1 amide bonds. The Bertz CT molecular complexity index is 418. The van der Waals surface area contributed by atoms with Gasteiger partial charge in [0.15, 0.2) is 0 Å². The normalized spacial score (nSPS) is 10.6. The lowest BCUT2D eigenvalue weighted by Gasteiger charge is -2.19. The van der Waals surface area contributed by atoms with E-state index in [1.165, 1.54) is 5.56 Å². The number of alkyl halides is 1. The van der Waals surface area contributed by atoms with Crippen molar-refractivity contribution in [2.75, 3.05) is 20.0 Å². The Kier molecular flexibility index (Phi) is 5.48. The third kappa shape index (κ3) is 3.64. The molecule has 0 radical (unpaired) electrons. The van der Waals surface area contributed by atoms with Crippen LogP contribution < -0.4 is 4.74 Å². The molecule has 1 aromatic rings. The lowest BCUT2D eigenvalue weighted by atomic mass is 10.00. The lowest BCUT2D eigenvalue weighted by Crippen LogP contribution is -2.27. The monoisotopic (exact) mass is 269 g/mol. The van der Waals surface area contributed by atoms with Gasteiger partial charge in [-0.15, -0.1) is 11.6 Å². The van der Waals surface area contributed by atoms with Crippen LogP contribution in [0.2, 0.25) is 0 Å². The Morgan fingerprint density at radius 2 is 2.11 bits per heavy atom. The average molecular weight is 270 g/mol. The molecule has 0 spiro atoms. The first-order chi connectivity index (χ1) is 8.49. The summed E-state index contributed by atoms with van der Waals surface area (Å²) in [5.41, 5.74) is 2.24. The second-order valence-corrected chi connectivity index (χ2v) is 4.88. The quantitative estimate of drug-likeness (QED) is 0.769. The van der Waals surface area contributed by atoms with Crippen molar-refractivity contribution in [1.29, 1.82) is 0 Å². The van der Waals surface area contributed by atoms with E-state index < -0.39 is 0 Å². The zero-order valence-corrected chi connectivity index (χ0v) is 12.1. The van der Waals surface area contributed by atoms with Gasteiger partial charge in [-0.25, -0.2) is 0 Å². The van der Waals surface area contributed by atoms with E-state index in [9.17, 15) is 4.79 Å². The highest BCUT2D eigenvalue weighted by Crippen LogP contribution is 2.25. The summed E-state index contributed by atoms with van der Waals surface area (Å²) in [4.78, 5) is 13.1. The molecule has 0 aliphatic heterocycles. The van der Waals surface area contributed by atoms with Crippen molar-refractivity contribution in [3.8, 4) is 5.75 Å². The first kappa shape index (κ1) is 14.8. The van der Waals surface area contributed by atoms with Gasteiger partial charge < -0.3 is 9.64 Å². The van der Waals surface area contributed by atoms with E-state index in [2.05, 4.69) is 26.0 Å². The van der Waals surface area contributed by atoms with E-state index in [0.717, 1.165) is 11.3 Å². The van der Waals surface area contributed by atoms with Crippen LogP contribution >= 0.6 is 11.6 Å². The smallest absolute Gasteiger partial charge is 0.237 e. The summed E-state index contributed by atoms with van der Waals surface area (Å²) in [6.07, 6.45) is 0. The molecule has 0 atom stereocenters. The average Bonchev–Trinajstić information content (AvgIpc) is 2.37. The van der Waals surface area contributed by atoms with Crippen LogP contribution in [-0.2, 0) is 11.3 Å². The zero-order chi connectivity index (χ0) is 13.7.